The molecule has 0 spiro atoms. The molecule has 3 N–H and O–H groups in total. The molecule has 126 valence electrons. The molecule has 0 heterocycles. The van der Waals surface area contributed by atoms with Crippen LogP contribution in [0.3, 0.4) is 0 Å². The van der Waals surface area contributed by atoms with Gasteiger partial charge in [0.05, 0.1) is 0 Å². The van der Waals surface area contributed by atoms with Crippen LogP contribution in [0.1, 0.15) is 39.7 Å². The van der Waals surface area contributed by atoms with E-state index < -0.39 is 5.54 Å². The van der Waals surface area contributed by atoms with Gasteiger partial charge in [-0.1, -0.05) is 39.0 Å². The summed E-state index contributed by atoms with van der Waals surface area (Å²) in [6, 6.07) is 6.57. The van der Waals surface area contributed by atoms with Gasteiger partial charge in [-0.15, -0.1) is 12.4 Å². The van der Waals surface area contributed by atoms with Crippen LogP contribution in [0.15, 0.2) is 24.3 Å². The highest BCUT2D eigenvalue weighted by Gasteiger charge is 2.28. The van der Waals surface area contributed by atoms with Gasteiger partial charge in [-0.2, -0.15) is 0 Å². The van der Waals surface area contributed by atoms with Gasteiger partial charge in [-0.25, -0.2) is 4.39 Å². The van der Waals surface area contributed by atoms with Crippen LogP contribution in [0.2, 0.25) is 0 Å². The number of carbonyl (C=O) groups excluding carboxylic acids is 1. The summed E-state index contributed by atoms with van der Waals surface area (Å²) in [6.07, 6.45) is 1.21. The summed E-state index contributed by atoms with van der Waals surface area (Å²) in [6.45, 7) is 8.36. The predicted octanol–water partition coefficient (Wildman–Crippen LogP) is 3.31. The molecule has 22 heavy (non-hydrogen) atoms. The molecule has 0 aliphatic heterocycles. The maximum Gasteiger partial charge on any atom is 0.223 e. The molecule has 0 aliphatic rings. The lowest BCUT2D eigenvalue weighted by atomic mass is 9.89. The summed E-state index contributed by atoms with van der Waals surface area (Å²) >= 11 is 0. The molecule has 1 aromatic carbocycles. The molecule has 0 aromatic heterocycles. The van der Waals surface area contributed by atoms with Crippen molar-refractivity contribution in [3.05, 3.63) is 35.6 Å². The van der Waals surface area contributed by atoms with Crippen molar-refractivity contribution in [3.8, 4) is 0 Å². The average molecular weight is 331 g/mol. The first-order valence-electron chi connectivity index (χ1n) is 7.53. The van der Waals surface area contributed by atoms with Crippen molar-refractivity contribution in [1.82, 2.24) is 5.32 Å². The second-order valence-electron chi connectivity index (χ2n) is 6.55. The fourth-order valence-corrected chi connectivity index (χ4v) is 2.59. The van der Waals surface area contributed by atoms with Crippen molar-refractivity contribution in [2.24, 2.45) is 17.6 Å². The van der Waals surface area contributed by atoms with Gasteiger partial charge in [-0.05, 0) is 37.3 Å². The number of nitrogens with two attached hydrogens (primary N) is 1. The van der Waals surface area contributed by atoms with E-state index in [4.69, 9.17) is 5.73 Å². The summed E-state index contributed by atoms with van der Waals surface area (Å²) in [4.78, 5) is 12.3. The Hall–Kier alpha value is -1.13. The summed E-state index contributed by atoms with van der Waals surface area (Å²) in [7, 11) is 0. The standard InChI is InChI=1S/C17H27FN2O.ClH/c1-12(2)10-17(4,11-19)20-16(21)13(3)9-14-7-5-6-8-15(14)18;/h5-8,12-13H,9-11,19H2,1-4H3,(H,20,21);1H. The molecule has 1 rings (SSSR count). The first kappa shape index (κ1) is 20.9. The van der Waals surface area contributed by atoms with Crippen molar-refractivity contribution in [2.45, 2.75) is 46.1 Å². The Morgan fingerprint density at radius 1 is 1.32 bits per heavy atom. The lowest BCUT2D eigenvalue weighted by Crippen LogP contribution is -2.53. The van der Waals surface area contributed by atoms with Gasteiger partial charge >= 0.3 is 0 Å². The van der Waals surface area contributed by atoms with E-state index in [-0.39, 0.29) is 30.0 Å². The fourth-order valence-electron chi connectivity index (χ4n) is 2.59. The lowest BCUT2D eigenvalue weighted by molar-refractivity contribution is -0.126. The number of carbonyl (C=O) groups is 1. The molecular weight excluding hydrogens is 303 g/mol. The van der Waals surface area contributed by atoms with Gasteiger partial charge in [-0.3, -0.25) is 4.79 Å². The highest BCUT2D eigenvalue weighted by atomic mass is 35.5. The number of halogens is 2. The molecule has 2 atom stereocenters. The molecule has 1 amide bonds. The Balaban J connectivity index is 0.00000441. The minimum atomic E-state index is -0.408. The largest absolute Gasteiger partial charge is 0.349 e. The first-order valence-corrected chi connectivity index (χ1v) is 7.53. The molecule has 0 saturated carbocycles. The first-order chi connectivity index (χ1) is 9.77. The Morgan fingerprint density at radius 3 is 2.41 bits per heavy atom. The van der Waals surface area contributed by atoms with E-state index >= 15 is 0 Å². The Morgan fingerprint density at radius 2 is 1.91 bits per heavy atom. The van der Waals surface area contributed by atoms with Crippen LogP contribution in [0, 0.1) is 17.7 Å². The summed E-state index contributed by atoms with van der Waals surface area (Å²) < 4.78 is 13.6. The maximum atomic E-state index is 13.6. The van der Waals surface area contributed by atoms with Crippen LogP contribution >= 0.6 is 12.4 Å². The fraction of sp³-hybridized carbons (Fsp3) is 0.588. The van der Waals surface area contributed by atoms with Gasteiger partial charge in [0, 0.05) is 18.0 Å². The van der Waals surface area contributed by atoms with Crippen LogP contribution in [-0.2, 0) is 11.2 Å². The summed E-state index contributed by atoms with van der Waals surface area (Å²) in [5.74, 6) is -0.187. The molecule has 0 bridgehead atoms. The van der Waals surface area contributed by atoms with E-state index in [2.05, 4.69) is 19.2 Å². The van der Waals surface area contributed by atoms with E-state index in [9.17, 15) is 9.18 Å². The number of hydrogen-bond donors (Lipinski definition) is 2. The molecule has 3 nitrogen and oxygen atoms in total. The molecule has 0 aliphatic carbocycles. The molecule has 0 saturated heterocycles. The highest BCUT2D eigenvalue weighted by Crippen LogP contribution is 2.18. The number of amides is 1. The molecule has 5 heteroatoms. The minimum absolute atomic E-state index is 0. The lowest BCUT2D eigenvalue weighted by Gasteiger charge is -2.32. The second kappa shape index (κ2) is 9.11. The van der Waals surface area contributed by atoms with E-state index in [0.717, 1.165) is 6.42 Å². The zero-order chi connectivity index (χ0) is 16.0. The normalized spacial score (nSPS) is 14.9. The van der Waals surface area contributed by atoms with Crippen LogP contribution in [0.4, 0.5) is 4.39 Å². The third-order valence-corrected chi connectivity index (χ3v) is 3.67. The monoisotopic (exact) mass is 330 g/mol. The predicted molar refractivity (Wildman–Crippen MR) is 91.6 cm³/mol. The van der Waals surface area contributed by atoms with Crippen molar-refractivity contribution in [2.75, 3.05) is 6.54 Å². The van der Waals surface area contributed by atoms with Gasteiger partial charge in [0.25, 0.3) is 0 Å². The quantitative estimate of drug-likeness (QED) is 0.806. The Labute approximate surface area is 139 Å². The molecule has 0 fully saturated rings. The maximum absolute atomic E-state index is 13.6. The van der Waals surface area contributed by atoms with Crippen molar-refractivity contribution < 1.29 is 9.18 Å². The average Bonchev–Trinajstić information content (AvgIpc) is 2.40. The zero-order valence-corrected chi connectivity index (χ0v) is 14.7. The third kappa shape index (κ3) is 6.32. The van der Waals surface area contributed by atoms with Crippen LogP contribution in [0.25, 0.3) is 0 Å². The van der Waals surface area contributed by atoms with E-state index in [0.29, 0.717) is 24.4 Å². The number of benzene rings is 1. The Bertz CT molecular complexity index is 481. The smallest absolute Gasteiger partial charge is 0.223 e. The second-order valence-corrected chi connectivity index (χ2v) is 6.55. The number of rotatable bonds is 7. The topological polar surface area (TPSA) is 55.1 Å². The number of hydrogen-bond acceptors (Lipinski definition) is 2. The van der Waals surface area contributed by atoms with E-state index in [1.54, 1.807) is 18.2 Å². The summed E-state index contributed by atoms with van der Waals surface area (Å²) in [5, 5.41) is 3.03. The molecule has 0 radical (unpaired) electrons. The van der Waals surface area contributed by atoms with Crippen LogP contribution in [-0.4, -0.2) is 18.0 Å². The summed E-state index contributed by atoms with van der Waals surface area (Å²) in [5.41, 5.74) is 5.97. The van der Waals surface area contributed by atoms with Gasteiger partial charge in [0.15, 0.2) is 0 Å². The SMILES string of the molecule is CC(C)CC(C)(CN)NC(=O)C(C)Cc1ccccc1F.Cl. The van der Waals surface area contributed by atoms with Crippen LogP contribution < -0.4 is 11.1 Å². The van der Waals surface area contributed by atoms with Crippen molar-refractivity contribution >= 4 is 18.3 Å². The zero-order valence-electron chi connectivity index (χ0n) is 13.9. The molecule has 2 unspecified atom stereocenters. The van der Waals surface area contributed by atoms with Gasteiger partial charge in [0.1, 0.15) is 5.82 Å². The van der Waals surface area contributed by atoms with Crippen LogP contribution in [0.5, 0.6) is 0 Å². The number of nitrogens with one attached hydrogen (secondary N) is 1. The van der Waals surface area contributed by atoms with Gasteiger partial charge in [0.2, 0.25) is 5.91 Å². The highest BCUT2D eigenvalue weighted by molar-refractivity contribution is 5.85. The van der Waals surface area contributed by atoms with Crippen molar-refractivity contribution in [3.63, 3.8) is 0 Å². The molecular formula is C17H28ClFN2O. The van der Waals surface area contributed by atoms with Gasteiger partial charge < -0.3 is 11.1 Å². The van der Waals surface area contributed by atoms with Crippen molar-refractivity contribution in [1.29, 1.82) is 0 Å². The third-order valence-electron chi connectivity index (χ3n) is 3.67. The van der Waals surface area contributed by atoms with E-state index in [1.807, 2.05) is 13.8 Å². The minimum Gasteiger partial charge on any atom is -0.349 e. The van der Waals surface area contributed by atoms with E-state index in [1.165, 1.54) is 6.07 Å². The Kier molecular flexibility index (Phi) is 8.64. The molecule has 1 aromatic rings.